The fourth-order valence-electron chi connectivity index (χ4n) is 4.05. The first kappa shape index (κ1) is 18.6. The minimum Gasteiger partial charge on any atom is -0.292 e. The van der Waals surface area contributed by atoms with Crippen LogP contribution < -0.4 is 0 Å². The lowest BCUT2D eigenvalue weighted by molar-refractivity contribution is 0.175. The van der Waals surface area contributed by atoms with Crippen molar-refractivity contribution in [1.82, 2.24) is 9.88 Å². The smallest absolute Gasteiger partial charge is 0.0604 e. The van der Waals surface area contributed by atoms with E-state index in [9.17, 15) is 0 Å². The summed E-state index contributed by atoms with van der Waals surface area (Å²) >= 11 is 0. The predicted molar refractivity (Wildman–Crippen MR) is 116 cm³/mol. The lowest BCUT2D eigenvalue weighted by atomic mass is 9.91. The molecule has 0 spiro atoms. The molecule has 1 atom stereocenters. The minimum absolute atomic E-state index is 0.313. The molecule has 28 heavy (non-hydrogen) atoms. The van der Waals surface area contributed by atoms with Gasteiger partial charge in [0.2, 0.25) is 0 Å². The third kappa shape index (κ3) is 4.37. The third-order valence-corrected chi connectivity index (χ3v) is 5.60. The van der Waals surface area contributed by atoms with Crippen LogP contribution in [-0.4, -0.2) is 35.2 Å². The van der Waals surface area contributed by atoms with Gasteiger partial charge in [-0.2, -0.15) is 0 Å². The number of aryl methyl sites for hydroxylation is 1. The fourth-order valence-corrected chi connectivity index (χ4v) is 4.05. The zero-order valence-electron chi connectivity index (χ0n) is 16.4. The number of aliphatic imine (C=N–C) groups is 1. The summed E-state index contributed by atoms with van der Waals surface area (Å²) in [6.45, 7) is 4.34. The molecule has 0 aliphatic carbocycles. The molecule has 3 heteroatoms. The van der Waals surface area contributed by atoms with Crippen LogP contribution in [0.15, 0.2) is 84.1 Å². The molecule has 0 N–H and O–H groups in total. The molecule has 2 heterocycles. The summed E-state index contributed by atoms with van der Waals surface area (Å²) < 4.78 is 0. The average molecular weight is 370 g/mol. The van der Waals surface area contributed by atoms with Crippen molar-refractivity contribution in [2.24, 2.45) is 4.99 Å². The molecule has 0 bridgehead atoms. The Morgan fingerprint density at radius 3 is 2.32 bits per heavy atom. The van der Waals surface area contributed by atoms with Crippen molar-refractivity contribution in [2.45, 2.75) is 31.8 Å². The summed E-state index contributed by atoms with van der Waals surface area (Å²) in [6.07, 6.45) is 7.82. The molecule has 142 valence electrons. The van der Waals surface area contributed by atoms with E-state index in [-0.39, 0.29) is 0 Å². The Kier molecular flexibility index (Phi) is 5.93. The summed E-state index contributed by atoms with van der Waals surface area (Å²) in [5.41, 5.74) is 5.26. The van der Waals surface area contributed by atoms with Gasteiger partial charge in [-0.15, -0.1) is 0 Å². The van der Waals surface area contributed by atoms with Crippen LogP contribution in [0.1, 0.15) is 41.1 Å². The highest BCUT2D eigenvalue weighted by Crippen LogP contribution is 2.33. The van der Waals surface area contributed by atoms with E-state index >= 15 is 0 Å². The van der Waals surface area contributed by atoms with Crippen molar-refractivity contribution < 1.29 is 0 Å². The first-order valence-corrected chi connectivity index (χ1v) is 10.1. The van der Waals surface area contributed by atoms with Crippen LogP contribution in [0.2, 0.25) is 0 Å². The largest absolute Gasteiger partial charge is 0.292 e. The summed E-state index contributed by atoms with van der Waals surface area (Å²) in [5, 5.41) is 0. The van der Waals surface area contributed by atoms with Crippen molar-refractivity contribution in [3.05, 3.63) is 101 Å². The second-order valence-corrected chi connectivity index (χ2v) is 7.50. The monoisotopic (exact) mass is 369 g/mol. The van der Waals surface area contributed by atoms with E-state index in [4.69, 9.17) is 4.99 Å². The number of pyridine rings is 1. The highest BCUT2D eigenvalue weighted by Gasteiger charge is 2.27. The number of nitrogens with zero attached hydrogens (tertiary/aromatic N) is 3. The van der Waals surface area contributed by atoms with E-state index in [1.165, 1.54) is 16.7 Å². The number of hydrogen-bond acceptors (Lipinski definition) is 3. The van der Waals surface area contributed by atoms with E-state index in [1.807, 2.05) is 30.7 Å². The van der Waals surface area contributed by atoms with Crippen LogP contribution in [0.25, 0.3) is 0 Å². The lowest BCUT2D eigenvalue weighted by Crippen LogP contribution is -2.38. The van der Waals surface area contributed by atoms with E-state index < -0.39 is 0 Å². The average Bonchev–Trinajstić information content (AvgIpc) is 2.76. The van der Waals surface area contributed by atoms with E-state index in [1.54, 1.807) is 0 Å². The Morgan fingerprint density at radius 2 is 1.61 bits per heavy atom. The zero-order chi connectivity index (χ0) is 19.2. The number of hydrogen-bond donors (Lipinski definition) is 0. The van der Waals surface area contributed by atoms with Crippen LogP contribution in [0.5, 0.6) is 0 Å². The summed E-state index contributed by atoms with van der Waals surface area (Å²) in [5.74, 6) is 0. The molecular weight excluding hydrogens is 342 g/mol. The van der Waals surface area contributed by atoms with Gasteiger partial charge in [-0.05, 0) is 54.2 Å². The van der Waals surface area contributed by atoms with Crippen LogP contribution in [0.3, 0.4) is 0 Å². The van der Waals surface area contributed by atoms with Gasteiger partial charge < -0.3 is 0 Å². The van der Waals surface area contributed by atoms with Crippen LogP contribution >= 0.6 is 0 Å². The quantitative estimate of drug-likeness (QED) is 0.588. The normalized spacial score (nSPS) is 17.0. The van der Waals surface area contributed by atoms with Gasteiger partial charge in [0, 0.05) is 31.7 Å². The molecule has 1 saturated heterocycles. The first-order chi connectivity index (χ1) is 13.8. The van der Waals surface area contributed by atoms with Gasteiger partial charge in [-0.25, -0.2) is 0 Å². The fraction of sp³-hybridized carbons (Fsp3) is 0.280. The number of benzene rings is 2. The molecule has 1 fully saturated rings. The molecule has 4 rings (SSSR count). The maximum absolute atomic E-state index is 4.83. The Morgan fingerprint density at radius 1 is 0.929 bits per heavy atom. The molecule has 3 aromatic rings. The summed E-state index contributed by atoms with van der Waals surface area (Å²) in [6, 6.07) is 24.4. The van der Waals surface area contributed by atoms with E-state index in [0.717, 1.165) is 31.5 Å². The second kappa shape index (κ2) is 8.94. The van der Waals surface area contributed by atoms with Gasteiger partial charge in [0.25, 0.3) is 0 Å². The standard InChI is InChI=1S/C25H27N3/c1-20-7-5-6-10-24(20)25(22-8-3-2-4-9-22)28-17-13-23(14-18-28)27-19-21-11-15-26-16-12-21/h2-12,15-16,19,23,25H,13-14,17-18H2,1H3/b27-19+. The van der Waals surface area contributed by atoms with Gasteiger partial charge in [-0.3, -0.25) is 14.9 Å². The minimum atomic E-state index is 0.313. The number of rotatable bonds is 5. The van der Waals surface area contributed by atoms with Crippen molar-refractivity contribution in [3.63, 3.8) is 0 Å². The van der Waals surface area contributed by atoms with Crippen molar-refractivity contribution >= 4 is 6.21 Å². The topological polar surface area (TPSA) is 28.5 Å². The molecule has 2 aromatic carbocycles. The molecule has 1 aliphatic rings. The Hall–Kier alpha value is -2.78. The number of aromatic nitrogens is 1. The van der Waals surface area contributed by atoms with Gasteiger partial charge in [0.1, 0.15) is 0 Å². The van der Waals surface area contributed by atoms with E-state index in [0.29, 0.717) is 12.1 Å². The summed E-state index contributed by atoms with van der Waals surface area (Å²) in [7, 11) is 0. The Labute approximate surface area is 167 Å². The molecule has 0 amide bonds. The maximum atomic E-state index is 4.83. The Bertz CT molecular complexity index is 897. The first-order valence-electron chi connectivity index (χ1n) is 10.1. The molecule has 3 nitrogen and oxygen atoms in total. The molecule has 1 unspecified atom stereocenters. The maximum Gasteiger partial charge on any atom is 0.0604 e. The van der Waals surface area contributed by atoms with Gasteiger partial charge in [0.05, 0.1) is 12.1 Å². The van der Waals surface area contributed by atoms with Gasteiger partial charge >= 0.3 is 0 Å². The van der Waals surface area contributed by atoms with Crippen molar-refractivity contribution in [2.75, 3.05) is 13.1 Å². The number of likely N-dealkylation sites (tertiary alicyclic amines) is 1. The molecular formula is C25H27N3. The zero-order valence-corrected chi connectivity index (χ0v) is 16.4. The Balaban J connectivity index is 1.50. The summed E-state index contributed by atoms with van der Waals surface area (Å²) in [4.78, 5) is 11.5. The van der Waals surface area contributed by atoms with Crippen LogP contribution in [0, 0.1) is 6.92 Å². The molecule has 0 saturated carbocycles. The lowest BCUT2D eigenvalue weighted by Gasteiger charge is -2.37. The van der Waals surface area contributed by atoms with Crippen molar-refractivity contribution in [3.8, 4) is 0 Å². The third-order valence-electron chi connectivity index (χ3n) is 5.60. The van der Waals surface area contributed by atoms with Gasteiger partial charge in [0.15, 0.2) is 0 Å². The van der Waals surface area contributed by atoms with Crippen LogP contribution in [-0.2, 0) is 0 Å². The number of piperidine rings is 1. The van der Waals surface area contributed by atoms with Gasteiger partial charge in [-0.1, -0.05) is 54.6 Å². The van der Waals surface area contributed by atoms with Crippen LogP contribution in [0.4, 0.5) is 0 Å². The highest BCUT2D eigenvalue weighted by molar-refractivity contribution is 5.79. The molecule has 1 aromatic heterocycles. The SMILES string of the molecule is Cc1ccccc1C(c1ccccc1)N1CCC(/N=C/c2ccncc2)CC1. The molecule has 1 aliphatic heterocycles. The van der Waals surface area contributed by atoms with Crippen molar-refractivity contribution in [1.29, 1.82) is 0 Å². The second-order valence-electron chi connectivity index (χ2n) is 7.50. The predicted octanol–water partition coefficient (Wildman–Crippen LogP) is 5.06. The van der Waals surface area contributed by atoms with E-state index in [2.05, 4.69) is 71.4 Å². The molecule has 0 radical (unpaired) electrons. The highest BCUT2D eigenvalue weighted by atomic mass is 15.2.